The maximum atomic E-state index is 10.5. The Kier molecular flexibility index (Phi) is 3.89. The van der Waals surface area contributed by atoms with Crippen molar-refractivity contribution in [2.45, 2.75) is 6.04 Å². The van der Waals surface area contributed by atoms with Crippen LogP contribution < -0.4 is 10.6 Å². The van der Waals surface area contributed by atoms with Crippen LogP contribution in [0.3, 0.4) is 0 Å². The average Bonchev–Trinajstić information content (AvgIpc) is 2.38. The van der Waals surface area contributed by atoms with Crippen LogP contribution >= 0.6 is 0 Å². The molecule has 1 aliphatic heterocycles. The molecule has 0 bridgehead atoms. The van der Waals surface area contributed by atoms with E-state index >= 15 is 0 Å². The fraction of sp³-hybridized carbons (Fsp3) is 0.455. The van der Waals surface area contributed by atoms with Gasteiger partial charge in [0.15, 0.2) is 0 Å². The molecule has 0 aromatic heterocycles. The minimum absolute atomic E-state index is 0.106. The molecular weight excluding hydrogens is 222 g/mol. The van der Waals surface area contributed by atoms with E-state index in [0.29, 0.717) is 12.6 Å². The summed E-state index contributed by atoms with van der Waals surface area (Å²) in [4.78, 5) is 10.1. The van der Waals surface area contributed by atoms with Crippen LogP contribution in [0.5, 0.6) is 0 Å². The summed E-state index contributed by atoms with van der Waals surface area (Å²) >= 11 is 0. The van der Waals surface area contributed by atoms with Crippen molar-refractivity contribution < 1.29 is 9.66 Å². The number of nitrogens with zero attached hydrogens (tertiary/aromatic N) is 1. The Labute approximate surface area is 99.1 Å². The normalized spacial score (nSPS) is 19.9. The molecule has 92 valence electrons. The third-order valence-corrected chi connectivity index (χ3v) is 2.63. The molecule has 1 aromatic carbocycles. The summed E-state index contributed by atoms with van der Waals surface area (Å²) in [6.07, 6.45) is 0. The van der Waals surface area contributed by atoms with Crippen molar-refractivity contribution in [1.82, 2.24) is 5.32 Å². The molecule has 6 heteroatoms. The Morgan fingerprint density at radius 1 is 1.47 bits per heavy atom. The van der Waals surface area contributed by atoms with Gasteiger partial charge in [0.1, 0.15) is 0 Å². The highest BCUT2D eigenvalue weighted by Gasteiger charge is 2.12. The maximum absolute atomic E-state index is 10.5. The van der Waals surface area contributed by atoms with E-state index < -0.39 is 4.92 Å². The van der Waals surface area contributed by atoms with E-state index in [9.17, 15) is 10.1 Å². The molecule has 0 saturated carbocycles. The molecule has 0 spiro atoms. The molecular formula is C11H15N3O3. The quantitative estimate of drug-likeness (QED) is 0.603. The standard InChI is InChI=1S/C11H15N3O3/c15-14(16)11-3-1-9(2-4-11)13-7-10-8-17-6-5-12-10/h1-4,10,12-13H,5-8H2. The first-order valence-electron chi connectivity index (χ1n) is 5.55. The summed E-state index contributed by atoms with van der Waals surface area (Å²) in [6.45, 7) is 3.07. The van der Waals surface area contributed by atoms with Gasteiger partial charge in [0.25, 0.3) is 5.69 Å². The largest absolute Gasteiger partial charge is 0.383 e. The van der Waals surface area contributed by atoms with E-state index in [0.717, 1.165) is 25.4 Å². The highest BCUT2D eigenvalue weighted by Crippen LogP contribution is 2.15. The van der Waals surface area contributed by atoms with E-state index in [2.05, 4.69) is 10.6 Å². The van der Waals surface area contributed by atoms with Gasteiger partial charge in [-0.15, -0.1) is 0 Å². The molecule has 0 aliphatic carbocycles. The molecule has 0 radical (unpaired) electrons. The number of nitrogens with one attached hydrogen (secondary N) is 2. The number of nitro benzene ring substituents is 1. The van der Waals surface area contributed by atoms with Crippen molar-refractivity contribution in [2.24, 2.45) is 0 Å². The predicted molar refractivity (Wildman–Crippen MR) is 64.2 cm³/mol. The number of anilines is 1. The molecule has 1 heterocycles. The van der Waals surface area contributed by atoms with Crippen molar-refractivity contribution in [3.8, 4) is 0 Å². The van der Waals surface area contributed by atoms with Crippen molar-refractivity contribution in [3.05, 3.63) is 34.4 Å². The second kappa shape index (κ2) is 5.60. The Morgan fingerprint density at radius 3 is 2.82 bits per heavy atom. The second-order valence-corrected chi connectivity index (χ2v) is 3.91. The zero-order valence-electron chi connectivity index (χ0n) is 9.39. The van der Waals surface area contributed by atoms with E-state index in [1.165, 1.54) is 12.1 Å². The first-order chi connectivity index (χ1) is 8.25. The zero-order valence-corrected chi connectivity index (χ0v) is 9.39. The molecule has 1 atom stereocenters. The predicted octanol–water partition coefficient (Wildman–Crippen LogP) is 0.995. The Bertz CT molecular complexity index is 374. The van der Waals surface area contributed by atoms with Crippen molar-refractivity contribution in [3.63, 3.8) is 0 Å². The lowest BCUT2D eigenvalue weighted by Gasteiger charge is -2.24. The smallest absolute Gasteiger partial charge is 0.269 e. The SMILES string of the molecule is O=[N+]([O-])c1ccc(NCC2COCCN2)cc1. The number of morpholine rings is 1. The van der Waals surface area contributed by atoms with Gasteiger partial charge in [0, 0.05) is 37.0 Å². The van der Waals surface area contributed by atoms with Gasteiger partial charge in [-0.3, -0.25) is 10.1 Å². The highest BCUT2D eigenvalue weighted by atomic mass is 16.6. The third kappa shape index (κ3) is 3.40. The number of rotatable bonds is 4. The van der Waals surface area contributed by atoms with Crippen molar-refractivity contribution in [1.29, 1.82) is 0 Å². The first kappa shape index (κ1) is 11.8. The van der Waals surface area contributed by atoms with Gasteiger partial charge in [-0.25, -0.2) is 0 Å². The van der Waals surface area contributed by atoms with Crippen LogP contribution in [0.4, 0.5) is 11.4 Å². The summed E-state index contributed by atoms with van der Waals surface area (Å²) in [5.41, 5.74) is 0.984. The van der Waals surface area contributed by atoms with Crippen LogP contribution in [-0.4, -0.2) is 37.3 Å². The summed E-state index contributed by atoms with van der Waals surface area (Å²) in [5, 5.41) is 17.0. The van der Waals surface area contributed by atoms with E-state index in [1.54, 1.807) is 12.1 Å². The third-order valence-electron chi connectivity index (χ3n) is 2.63. The number of non-ortho nitro benzene ring substituents is 1. The topological polar surface area (TPSA) is 76.4 Å². The monoisotopic (exact) mass is 237 g/mol. The molecule has 6 nitrogen and oxygen atoms in total. The minimum atomic E-state index is -0.402. The lowest BCUT2D eigenvalue weighted by Crippen LogP contribution is -2.45. The number of hydrogen-bond acceptors (Lipinski definition) is 5. The molecule has 1 fully saturated rings. The summed E-state index contributed by atoms with van der Waals surface area (Å²) in [7, 11) is 0. The molecule has 17 heavy (non-hydrogen) atoms. The maximum Gasteiger partial charge on any atom is 0.269 e. The Balaban J connectivity index is 1.84. The number of nitro groups is 1. The van der Waals surface area contributed by atoms with Crippen molar-refractivity contribution in [2.75, 3.05) is 31.6 Å². The summed E-state index contributed by atoms with van der Waals surface area (Å²) < 4.78 is 5.33. The van der Waals surface area contributed by atoms with E-state index in [-0.39, 0.29) is 5.69 Å². The molecule has 1 aromatic rings. The van der Waals surface area contributed by atoms with Crippen LogP contribution in [0, 0.1) is 10.1 Å². The van der Waals surface area contributed by atoms with Crippen LogP contribution in [-0.2, 0) is 4.74 Å². The Morgan fingerprint density at radius 2 is 2.24 bits per heavy atom. The molecule has 2 rings (SSSR count). The molecule has 1 saturated heterocycles. The van der Waals surface area contributed by atoms with Crippen LogP contribution in [0.1, 0.15) is 0 Å². The Hall–Kier alpha value is -1.66. The van der Waals surface area contributed by atoms with Gasteiger partial charge in [-0.2, -0.15) is 0 Å². The van der Waals surface area contributed by atoms with Gasteiger partial charge in [0.05, 0.1) is 18.1 Å². The van der Waals surface area contributed by atoms with Crippen LogP contribution in [0.2, 0.25) is 0 Å². The highest BCUT2D eigenvalue weighted by molar-refractivity contribution is 5.48. The van der Waals surface area contributed by atoms with Gasteiger partial charge >= 0.3 is 0 Å². The molecule has 2 N–H and O–H groups in total. The van der Waals surface area contributed by atoms with E-state index in [1.807, 2.05) is 0 Å². The van der Waals surface area contributed by atoms with Gasteiger partial charge in [-0.05, 0) is 12.1 Å². The van der Waals surface area contributed by atoms with Gasteiger partial charge in [0.2, 0.25) is 0 Å². The number of benzene rings is 1. The summed E-state index contributed by atoms with van der Waals surface area (Å²) in [6, 6.07) is 6.70. The van der Waals surface area contributed by atoms with E-state index in [4.69, 9.17) is 4.74 Å². The molecule has 1 unspecified atom stereocenters. The fourth-order valence-electron chi connectivity index (χ4n) is 1.69. The van der Waals surface area contributed by atoms with Gasteiger partial charge in [-0.1, -0.05) is 0 Å². The molecule has 0 amide bonds. The second-order valence-electron chi connectivity index (χ2n) is 3.91. The van der Waals surface area contributed by atoms with Gasteiger partial charge < -0.3 is 15.4 Å². The summed E-state index contributed by atoms with van der Waals surface area (Å²) in [5.74, 6) is 0. The fourth-order valence-corrected chi connectivity index (χ4v) is 1.69. The lowest BCUT2D eigenvalue weighted by molar-refractivity contribution is -0.384. The minimum Gasteiger partial charge on any atom is -0.383 e. The average molecular weight is 237 g/mol. The molecule has 1 aliphatic rings. The van der Waals surface area contributed by atoms with Crippen molar-refractivity contribution >= 4 is 11.4 Å². The lowest BCUT2D eigenvalue weighted by atomic mass is 10.2. The van der Waals surface area contributed by atoms with Crippen LogP contribution in [0.15, 0.2) is 24.3 Å². The first-order valence-corrected chi connectivity index (χ1v) is 5.55. The zero-order chi connectivity index (χ0) is 12.1. The van der Waals surface area contributed by atoms with Crippen LogP contribution in [0.25, 0.3) is 0 Å². The number of hydrogen-bond donors (Lipinski definition) is 2. The number of ether oxygens (including phenoxy) is 1.